The molecule has 1 N–H and O–H groups in total. The third-order valence-electron chi connectivity index (χ3n) is 2.77. The molecule has 1 aromatic heterocycles. The Bertz CT molecular complexity index is 491. The van der Waals surface area contributed by atoms with Crippen molar-refractivity contribution >= 4 is 45.4 Å². The van der Waals surface area contributed by atoms with Crippen molar-refractivity contribution in [3.8, 4) is 6.07 Å². The zero-order chi connectivity index (χ0) is 12.0. The van der Waals surface area contributed by atoms with Gasteiger partial charge in [0.2, 0.25) is 5.91 Å². The summed E-state index contributed by atoms with van der Waals surface area (Å²) in [4.78, 5) is 11.9. The molecule has 16 heavy (non-hydrogen) atoms. The van der Waals surface area contributed by atoms with Crippen LogP contribution < -0.4 is 5.32 Å². The Hall–Kier alpha value is -0.760. The average Bonchev–Trinajstić information content (AvgIpc) is 2.62. The lowest BCUT2D eigenvalue weighted by Gasteiger charge is -2.11. The van der Waals surface area contributed by atoms with E-state index in [1.54, 1.807) is 18.4 Å². The van der Waals surface area contributed by atoms with Crippen molar-refractivity contribution in [1.82, 2.24) is 0 Å². The van der Waals surface area contributed by atoms with Crippen molar-refractivity contribution in [3.05, 3.63) is 17.0 Å². The summed E-state index contributed by atoms with van der Waals surface area (Å²) >= 11 is 13.1. The smallest absolute Gasteiger partial charge is 0.234 e. The number of carbonyl (C=O) groups excluding carboxylic acids is 1. The van der Waals surface area contributed by atoms with E-state index in [2.05, 4.69) is 5.32 Å². The lowest BCUT2D eigenvalue weighted by molar-refractivity contribution is -0.120. The Morgan fingerprint density at radius 3 is 2.81 bits per heavy atom. The molecule has 1 heterocycles. The maximum Gasteiger partial charge on any atom is 0.234 e. The number of halogens is 2. The number of thiophene rings is 1. The number of carbonyl (C=O) groups is 1. The van der Waals surface area contributed by atoms with Crippen LogP contribution in [0.3, 0.4) is 0 Å². The quantitative estimate of drug-likeness (QED) is 0.843. The third kappa shape index (κ3) is 1.69. The molecule has 1 aliphatic carbocycles. The van der Waals surface area contributed by atoms with Crippen LogP contribution in [0.4, 0.5) is 5.00 Å². The zero-order valence-corrected chi connectivity index (χ0v) is 10.7. The van der Waals surface area contributed by atoms with Crippen molar-refractivity contribution in [2.75, 3.05) is 5.32 Å². The fourth-order valence-electron chi connectivity index (χ4n) is 1.38. The SMILES string of the molecule is C[C@]1(C(=O)Nc2sccc2C#N)CC1(Cl)Cl. The highest BCUT2D eigenvalue weighted by Gasteiger charge is 2.67. The number of nitrogens with one attached hydrogen (secondary N) is 1. The van der Waals surface area contributed by atoms with Crippen LogP contribution in [0.2, 0.25) is 0 Å². The van der Waals surface area contributed by atoms with E-state index in [4.69, 9.17) is 28.5 Å². The van der Waals surface area contributed by atoms with Gasteiger partial charge in [0.05, 0.1) is 11.0 Å². The van der Waals surface area contributed by atoms with E-state index < -0.39 is 9.75 Å². The fraction of sp³-hybridized carbons (Fsp3) is 0.400. The predicted molar refractivity (Wildman–Crippen MR) is 64.8 cm³/mol. The van der Waals surface area contributed by atoms with Crippen LogP contribution in [0.5, 0.6) is 0 Å². The van der Waals surface area contributed by atoms with Crippen molar-refractivity contribution in [1.29, 1.82) is 5.26 Å². The van der Waals surface area contributed by atoms with Gasteiger partial charge in [0.15, 0.2) is 0 Å². The van der Waals surface area contributed by atoms with Gasteiger partial charge in [-0.15, -0.1) is 34.5 Å². The van der Waals surface area contributed by atoms with Crippen LogP contribution in [-0.2, 0) is 4.79 Å². The number of rotatable bonds is 2. The van der Waals surface area contributed by atoms with Gasteiger partial charge in [-0.3, -0.25) is 4.79 Å². The average molecular weight is 275 g/mol. The molecule has 1 aromatic rings. The summed E-state index contributed by atoms with van der Waals surface area (Å²) in [5, 5.41) is 13.8. The Kier molecular flexibility index (Phi) is 2.66. The number of hydrogen-bond acceptors (Lipinski definition) is 3. The summed E-state index contributed by atoms with van der Waals surface area (Å²) in [6, 6.07) is 3.66. The van der Waals surface area contributed by atoms with Gasteiger partial charge in [-0.2, -0.15) is 5.26 Å². The van der Waals surface area contributed by atoms with Gasteiger partial charge >= 0.3 is 0 Å². The molecule has 1 saturated carbocycles. The van der Waals surface area contributed by atoms with Crippen molar-refractivity contribution < 1.29 is 4.79 Å². The first-order valence-corrected chi connectivity index (χ1v) is 6.21. The number of alkyl halides is 2. The van der Waals surface area contributed by atoms with Crippen molar-refractivity contribution in [2.24, 2.45) is 5.41 Å². The van der Waals surface area contributed by atoms with E-state index in [0.29, 0.717) is 17.0 Å². The largest absolute Gasteiger partial charge is 0.316 e. The lowest BCUT2D eigenvalue weighted by Crippen LogP contribution is -2.25. The minimum absolute atomic E-state index is 0.239. The molecule has 0 spiro atoms. The van der Waals surface area contributed by atoms with Crippen LogP contribution >= 0.6 is 34.5 Å². The number of amides is 1. The summed E-state index contributed by atoms with van der Waals surface area (Å²) in [5.41, 5.74) is -0.301. The summed E-state index contributed by atoms with van der Waals surface area (Å²) in [5.74, 6) is -0.239. The molecular formula is C10H8Cl2N2OS. The number of anilines is 1. The summed E-state index contributed by atoms with van der Waals surface area (Å²) in [7, 11) is 0. The molecular weight excluding hydrogens is 267 g/mol. The van der Waals surface area contributed by atoms with Crippen LogP contribution in [-0.4, -0.2) is 10.2 Å². The van der Waals surface area contributed by atoms with Gasteiger partial charge in [0.1, 0.15) is 15.4 Å². The topological polar surface area (TPSA) is 52.9 Å². The third-order valence-corrected chi connectivity index (χ3v) is 4.70. The molecule has 2 rings (SSSR count). The summed E-state index contributed by atoms with van der Waals surface area (Å²) in [6.07, 6.45) is 0.433. The molecule has 0 saturated heterocycles. The lowest BCUT2D eigenvalue weighted by atomic mass is 10.1. The molecule has 6 heteroatoms. The Morgan fingerprint density at radius 2 is 2.31 bits per heavy atom. The van der Waals surface area contributed by atoms with E-state index in [1.165, 1.54) is 11.3 Å². The first-order valence-electron chi connectivity index (χ1n) is 4.57. The number of hydrogen-bond donors (Lipinski definition) is 1. The van der Waals surface area contributed by atoms with E-state index in [0.717, 1.165) is 0 Å². The molecule has 0 aliphatic heterocycles. The molecule has 0 unspecified atom stereocenters. The fourth-order valence-corrected chi connectivity index (χ4v) is 2.82. The zero-order valence-electron chi connectivity index (χ0n) is 8.38. The second-order valence-corrected chi connectivity index (χ2v) is 6.34. The van der Waals surface area contributed by atoms with Gasteiger partial charge in [0, 0.05) is 0 Å². The Labute approximate surface area is 107 Å². The maximum atomic E-state index is 11.9. The number of nitriles is 1. The van der Waals surface area contributed by atoms with E-state index >= 15 is 0 Å². The maximum absolute atomic E-state index is 11.9. The van der Waals surface area contributed by atoms with E-state index in [-0.39, 0.29) is 5.91 Å². The van der Waals surface area contributed by atoms with Crippen LogP contribution in [0.25, 0.3) is 0 Å². The summed E-state index contributed by atoms with van der Waals surface area (Å²) in [6.45, 7) is 1.71. The standard InChI is InChI=1S/C10H8Cl2N2OS/c1-9(5-10(9,11)12)8(15)14-7-6(4-13)2-3-16-7/h2-3H,5H2,1H3,(H,14,15)/t9-/m1/s1. The van der Waals surface area contributed by atoms with E-state index in [9.17, 15) is 4.79 Å². The predicted octanol–water partition coefficient (Wildman–Crippen LogP) is 3.14. The molecule has 1 aliphatic rings. The van der Waals surface area contributed by atoms with Crippen LogP contribution in [0.1, 0.15) is 18.9 Å². The number of nitrogens with zero attached hydrogens (tertiary/aromatic N) is 1. The van der Waals surface area contributed by atoms with Crippen molar-refractivity contribution in [2.45, 2.75) is 17.7 Å². The first-order chi connectivity index (χ1) is 7.40. The van der Waals surface area contributed by atoms with Gasteiger partial charge in [-0.25, -0.2) is 0 Å². The highest BCUT2D eigenvalue weighted by molar-refractivity contribution is 7.14. The molecule has 0 radical (unpaired) electrons. The highest BCUT2D eigenvalue weighted by Crippen LogP contribution is 2.64. The van der Waals surface area contributed by atoms with Gasteiger partial charge in [0.25, 0.3) is 0 Å². The second kappa shape index (κ2) is 3.63. The summed E-state index contributed by atoms with van der Waals surface area (Å²) < 4.78 is -0.985. The monoisotopic (exact) mass is 274 g/mol. The van der Waals surface area contributed by atoms with Crippen LogP contribution in [0, 0.1) is 16.7 Å². The second-order valence-electron chi connectivity index (χ2n) is 3.94. The molecule has 1 amide bonds. The molecule has 0 aromatic carbocycles. The Balaban J connectivity index is 2.13. The van der Waals surface area contributed by atoms with Gasteiger partial charge < -0.3 is 5.32 Å². The Morgan fingerprint density at radius 1 is 1.69 bits per heavy atom. The molecule has 1 fully saturated rings. The van der Waals surface area contributed by atoms with Crippen LogP contribution in [0.15, 0.2) is 11.4 Å². The molecule has 0 bridgehead atoms. The van der Waals surface area contributed by atoms with E-state index in [1.807, 2.05) is 6.07 Å². The first kappa shape index (κ1) is 11.7. The minimum atomic E-state index is -0.985. The van der Waals surface area contributed by atoms with Gasteiger partial charge in [-0.1, -0.05) is 0 Å². The molecule has 84 valence electrons. The van der Waals surface area contributed by atoms with Gasteiger partial charge in [-0.05, 0) is 24.8 Å². The molecule has 3 nitrogen and oxygen atoms in total. The van der Waals surface area contributed by atoms with Crippen molar-refractivity contribution in [3.63, 3.8) is 0 Å². The minimum Gasteiger partial charge on any atom is -0.316 e. The highest BCUT2D eigenvalue weighted by atomic mass is 35.5. The molecule has 1 atom stereocenters. The normalized spacial score (nSPS) is 25.9.